The first-order valence-corrected chi connectivity index (χ1v) is 7.47. The molecule has 0 aliphatic carbocycles. The van der Waals surface area contributed by atoms with Gasteiger partial charge in [-0.25, -0.2) is 0 Å². The lowest BCUT2D eigenvalue weighted by Gasteiger charge is -2.31. The Labute approximate surface area is 127 Å². The van der Waals surface area contributed by atoms with Crippen molar-refractivity contribution in [2.24, 2.45) is 7.05 Å². The molecule has 0 fully saturated rings. The van der Waals surface area contributed by atoms with Gasteiger partial charge in [-0.3, -0.25) is 4.68 Å². The molecule has 0 saturated heterocycles. The van der Waals surface area contributed by atoms with E-state index in [1.807, 2.05) is 24.1 Å². The molecule has 1 aromatic carbocycles. The minimum absolute atomic E-state index is 0.0253. The molecular weight excluding hydrogens is 260 g/mol. The fourth-order valence-corrected chi connectivity index (χ4v) is 2.54. The maximum Gasteiger partial charge on any atom is 0.0534 e. The van der Waals surface area contributed by atoms with E-state index in [1.54, 1.807) is 0 Å². The summed E-state index contributed by atoms with van der Waals surface area (Å²) in [6.07, 6.45) is 3.94. The molecule has 0 saturated carbocycles. The molecule has 1 atom stereocenters. The first-order valence-electron chi connectivity index (χ1n) is 7.47. The molecule has 0 radical (unpaired) electrons. The van der Waals surface area contributed by atoms with Crippen LogP contribution in [0.2, 0.25) is 0 Å². The highest BCUT2D eigenvalue weighted by atomic mass is 15.2. The van der Waals surface area contributed by atoms with Crippen LogP contribution in [-0.2, 0) is 13.6 Å². The summed E-state index contributed by atoms with van der Waals surface area (Å²) >= 11 is 0. The molecule has 0 amide bonds. The van der Waals surface area contributed by atoms with Gasteiger partial charge in [0, 0.05) is 43.5 Å². The summed E-state index contributed by atoms with van der Waals surface area (Å²) < 4.78 is 1.83. The molecule has 0 aliphatic rings. The minimum Gasteiger partial charge on any atom is -0.311 e. The molecule has 0 spiro atoms. The van der Waals surface area contributed by atoms with Crippen molar-refractivity contribution in [2.45, 2.75) is 38.9 Å². The summed E-state index contributed by atoms with van der Waals surface area (Å²) in [5.41, 5.74) is 2.56. The molecule has 114 valence electrons. The van der Waals surface area contributed by atoms with Crippen LogP contribution in [0, 0.1) is 0 Å². The van der Waals surface area contributed by atoms with Gasteiger partial charge in [0.05, 0.1) is 6.20 Å². The van der Waals surface area contributed by atoms with Crippen LogP contribution in [0.4, 0.5) is 0 Å². The maximum absolute atomic E-state index is 4.18. The van der Waals surface area contributed by atoms with Crippen LogP contribution in [-0.4, -0.2) is 21.9 Å². The molecule has 1 heterocycles. The van der Waals surface area contributed by atoms with Gasteiger partial charge in [0.2, 0.25) is 0 Å². The van der Waals surface area contributed by atoms with Crippen LogP contribution < -0.4 is 10.6 Å². The van der Waals surface area contributed by atoms with Crippen molar-refractivity contribution in [1.29, 1.82) is 0 Å². The van der Waals surface area contributed by atoms with Gasteiger partial charge in [0.25, 0.3) is 0 Å². The van der Waals surface area contributed by atoms with Gasteiger partial charge in [-0.05, 0) is 26.3 Å². The highest BCUT2D eigenvalue weighted by Crippen LogP contribution is 2.15. The molecule has 0 aliphatic heterocycles. The summed E-state index contributed by atoms with van der Waals surface area (Å²) in [6, 6.07) is 10.9. The van der Waals surface area contributed by atoms with E-state index in [-0.39, 0.29) is 5.54 Å². The highest BCUT2D eigenvalue weighted by molar-refractivity contribution is 5.18. The van der Waals surface area contributed by atoms with E-state index >= 15 is 0 Å². The lowest BCUT2D eigenvalue weighted by molar-refractivity contribution is 0.330. The first-order chi connectivity index (χ1) is 9.96. The van der Waals surface area contributed by atoms with Crippen molar-refractivity contribution < 1.29 is 0 Å². The van der Waals surface area contributed by atoms with E-state index in [4.69, 9.17) is 0 Å². The normalized spacial score (nSPS) is 13.3. The third-order valence-corrected chi connectivity index (χ3v) is 3.56. The zero-order valence-electron chi connectivity index (χ0n) is 13.4. The molecule has 2 N–H and O–H groups in total. The zero-order valence-corrected chi connectivity index (χ0v) is 13.4. The summed E-state index contributed by atoms with van der Waals surface area (Å²) in [4.78, 5) is 0. The molecule has 2 aromatic rings. The van der Waals surface area contributed by atoms with Gasteiger partial charge >= 0.3 is 0 Å². The topological polar surface area (TPSA) is 41.9 Å². The second-order valence-electron chi connectivity index (χ2n) is 6.29. The lowest BCUT2D eigenvalue weighted by atomic mass is 10.0. The summed E-state index contributed by atoms with van der Waals surface area (Å²) in [5.74, 6) is 0. The Morgan fingerprint density at radius 1 is 1.24 bits per heavy atom. The van der Waals surface area contributed by atoms with Crippen LogP contribution >= 0.6 is 0 Å². The predicted molar refractivity (Wildman–Crippen MR) is 87.0 cm³/mol. The van der Waals surface area contributed by atoms with Gasteiger partial charge in [-0.1, -0.05) is 30.3 Å². The van der Waals surface area contributed by atoms with Crippen LogP contribution in [0.3, 0.4) is 0 Å². The number of aromatic nitrogens is 2. The third-order valence-electron chi connectivity index (χ3n) is 3.56. The van der Waals surface area contributed by atoms with Crippen LogP contribution in [0.15, 0.2) is 42.7 Å². The maximum atomic E-state index is 4.18. The molecular formula is C17H26N4. The monoisotopic (exact) mass is 286 g/mol. The van der Waals surface area contributed by atoms with Crippen molar-refractivity contribution in [3.8, 4) is 0 Å². The Morgan fingerprint density at radius 3 is 2.57 bits per heavy atom. The number of rotatable bonds is 7. The molecule has 0 unspecified atom stereocenters. The van der Waals surface area contributed by atoms with E-state index in [2.05, 4.69) is 66.8 Å². The average Bonchev–Trinajstić information content (AvgIpc) is 2.84. The van der Waals surface area contributed by atoms with E-state index in [9.17, 15) is 0 Å². The van der Waals surface area contributed by atoms with Crippen molar-refractivity contribution in [2.75, 3.05) is 6.54 Å². The van der Waals surface area contributed by atoms with E-state index < -0.39 is 0 Å². The van der Waals surface area contributed by atoms with E-state index in [1.165, 1.54) is 11.1 Å². The van der Waals surface area contributed by atoms with Crippen molar-refractivity contribution >= 4 is 0 Å². The SMILES string of the molecule is C[C@@H](NC(C)(C)CNCc1cnn(C)c1)c1ccccc1. The lowest BCUT2D eigenvalue weighted by Crippen LogP contribution is -2.48. The van der Waals surface area contributed by atoms with Gasteiger partial charge in [0.1, 0.15) is 0 Å². The fourth-order valence-electron chi connectivity index (χ4n) is 2.54. The standard InChI is InChI=1S/C17H26N4/c1-14(16-8-6-5-7-9-16)20-17(2,3)13-18-10-15-11-19-21(4)12-15/h5-9,11-12,14,18,20H,10,13H2,1-4H3/t14-/m1/s1. The molecule has 2 rings (SSSR count). The number of aryl methyl sites for hydroxylation is 1. The second-order valence-corrected chi connectivity index (χ2v) is 6.29. The highest BCUT2D eigenvalue weighted by Gasteiger charge is 2.20. The van der Waals surface area contributed by atoms with Crippen molar-refractivity contribution in [3.05, 3.63) is 53.9 Å². The van der Waals surface area contributed by atoms with Crippen LogP contribution in [0.5, 0.6) is 0 Å². The zero-order chi connectivity index (χ0) is 15.3. The summed E-state index contributed by atoms with van der Waals surface area (Å²) in [6.45, 7) is 8.40. The second kappa shape index (κ2) is 6.87. The van der Waals surface area contributed by atoms with Crippen molar-refractivity contribution in [1.82, 2.24) is 20.4 Å². The van der Waals surface area contributed by atoms with Crippen LogP contribution in [0.1, 0.15) is 37.9 Å². The van der Waals surface area contributed by atoms with Gasteiger partial charge in [-0.15, -0.1) is 0 Å². The van der Waals surface area contributed by atoms with Gasteiger partial charge in [-0.2, -0.15) is 5.10 Å². The Kier molecular flexibility index (Phi) is 5.15. The summed E-state index contributed by atoms with van der Waals surface area (Å²) in [7, 11) is 1.94. The van der Waals surface area contributed by atoms with E-state index in [0.29, 0.717) is 6.04 Å². The molecule has 21 heavy (non-hydrogen) atoms. The first kappa shape index (κ1) is 15.7. The largest absolute Gasteiger partial charge is 0.311 e. The smallest absolute Gasteiger partial charge is 0.0534 e. The Balaban J connectivity index is 1.81. The van der Waals surface area contributed by atoms with Crippen LogP contribution in [0.25, 0.3) is 0 Å². The Bertz CT molecular complexity index is 545. The number of hydrogen-bond acceptors (Lipinski definition) is 3. The molecule has 1 aromatic heterocycles. The Hall–Kier alpha value is -1.65. The number of benzene rings is 1. The van der Waals surface area contributed by atoms with Gasteiger partial charge < -0.3 is 10.6 Å². The molecule has 0 bridgehead atoms. The fraction of sp³-hybridized carbons (Fsp3) is 0.471. The minimum atomic E-state index is 0.0253. The quantitative estimate of drug-likeness (QED) is 0.822. The molecule has 4 heteroatoms. The average molecular weight is 286 g/mol. The van der Waals surface area contributed by atoms with E-state index in [0.717, 1.165) is 13.1 Å². The number of nitrogens with one attached hydrogen (secondary N) is 2. The Morgan fingerprint density at radius 2 is 1.95 bits per heavy atom. The summed E-state index contributed by atoms with van der Waals surface area (Å²) in [5, 5.41) is 11.4. The third kappa shape index (κ3) is 4.99. The molecule has 4 nitrogen and oxygen atoms in total. The number of nitrogens with zero attached hydrogens (tertiary/aromatic N) is 2. The van der Waals surface area contributed by atoms with Gasteiger partial charge in [0.15, 0.2) is 0 Å². The number of hydrogen-bond donors (Lipinski definition) is 2. The van der Waals surface area contributed by atoms with Crippen molar-refractivity contribution in [3.63, 3.8) is 0 Å². The predicted octanol–water partition coefficient (Wildman–Crippen LogP) is 2.64.